The number of hydrogen-bond acceptors (Lipinski definition) is 4. The quantitative estimate of drug-likeness (QED) is 0.609. The van der Waals surface area contributed by atoms with E-state index in [4.69, 9.17) is 5.73 Å². The number of rotatable bonds is 6. The maximum Gasteiger partial charge on any atom is 0.272 e. The molecule has 0 spiro atoms. The Labute approximate surface area is 112 Å². The average Bonchev–Trinajstić information content (AvgIpc) is 2.27. The Kier molecular flexibility index (Phi) is 5.44. The van der Waals surface area contributed by atoms with Crippen molar-refractivity contribution in [1.82, 2.24) is 0 Å². The summed E-state index contributed by atoms with van der Waals surface area (Å²) < 4.78 is 0. The van der Waals surface area contributed by atoms with Gasteiger partial charge in [0.2, 0.25) is 5.91 Å². The average molecular weight is 265 g/mol. The van der Waals surface area contributed by atoms with Crippen LogP contribution in [0.5, 0.6) is 0 Å². The maximum atomic E-state index is 11.6. The molecule has 104 valence electrons. The van der Waals surface area contributed by atoms with Gasteiger partial charge in [-0.05, 0) is 38.8 Å². The third kappa shape index (κ3) is 5.05. The molecule has 0 saturated heterocycles. The second-order valence-electron chi connectivity index (χ2n) is 4.68. The molecule has 3 N–H and O–H groups in total. The molecule has 0 radical (unpaired) electrons. The molecular formula is C13H19N3O3. The minimum atomic E-state index is -0.441. The number of amides is 1. The highest BCUT2D eigenvalue weighted by Crippen LogP contribution is 2.21. The fraction of sp³-hybridized carbons (Fsp3) is 0.462. The van der Waals surface area contributed by atoms with E-state index in [9.17, 15) is 14.9 Å². The third-order valence-electron chi connectivity index (χ3n) is 2.74. The van der Waals surface area contributed by atoms with E-state index in [1.165, 1.54) is 12.1 Å². The number of nitrogens with two attached hydrogens (primary N) is 1. The van der Waals surface area contributed by atoms with E-state index in [0.717, 1.165) is 12.8 Å². The predicted molar refractivity (Wildman–Crippen MR) is 74.0 cm³/mol. The molecular weight excluding hydrogens is 246 g/mol. The number of hydrogen-bond donors (Lipinski definition) is 2. The van der Waals surface area contributed by atoms with Crippen LogP contribution < -0.4 is 11.1 Å². The zero-order valence-corrected chi connectivity index (χ0v) is 11.2. The van der Waals surface area contributed by atoms with Gasteiger partial charge in [-0.25, -0.2) is 0 Å². The lowest BCUT2D eigenvalue weighted by atomic mass is 10.1. The van der Waals surface area contributed by atoms with Crippen molar-refractivity contribution < 1.29 is 9.72 Å². The summed E-state index contributed by atoms with van der Waals surface area (Å²) in [7, 11) is 0. The van der Waals surface area contributed by atoms with Gasteiger partial charge in [0.1, 0.15) is 0 Å². The van der Waals surface area contributed by atoms with Crippen molar-refractivity contribution in [3.05, 3.63) is 33.9 Å². The van der Waals surface area contributed by atoms with Crippen molar-refractivity contribution in [2.24, 2.45) is 5.73 Å². The summed E-state index contributed by atoms with van der Waals surface area (Å²) in [6.45, 7) is 3.54. The van der Waals surface area contributed by atoms with E-state index >= 15 is 0 Å². The van der Waals surface area contributed by atoms with Crippen LogP contribution in [0.2, 0.25) is 0 Å². The van der Waals surface area contributed by atoms with E-state index in [1.807, 2.05) is 6.92 Å². The molecule has 1 aromatic rings. The molecule has 1 unspecified atom stereocenters. The van der Waals surface area contributed by atoms with Crippen LogP contribution in [-0.4, -0.2) is 16.9 Å². The van der Waals surface area contributed by atoms with Crippen LogP contribution >= 0.6 is 0 Å². The van der Waals surface area contributed by atoms with Crippen molar-refractivity contribution in [2.45, 2.75) is 39.2 Å². The molecule has 1 atom stereocenters. The summed E-state index contributed by atoms with van der Waals surface area (Å²) in [6.07, 6.45) is 1.93. The molecule has 0 bridgehead atoms. The van der Waals surface area contributed by atoms with Crippen LogP contribution in [0.4, 0.5) is 11.4 Å². The second kappa shape index (κ2) is 6.84. The normalized spacial score (nSPS) is 11.9. The van der Waals surface area contributed by atoms with Crippen molar-refractivity contribution in [3.63, 3.8) is 0 Å². The molecule has 6 heteroatoms. The minimum absolute atomic E-state index is 0.0509. The van der Waals surface area contributed by atoms with Gasteiger partial charge in [-0.1, -0.05) is 0 Å². The molecule has 0 heterocycles. The zero-order valence-electron chi connectivity index (χ0n) is 11.2. The predicted octanol–water partition coefficient (Wildman–Crippen LogP) is 2.36. The molecule has 0 aromatic heterocycles. The van der Waals surface area contributed by atoms with Gasteiger partial charge in [-0.3, -0.25) is 14.9 Å². The van der Waals surface area contributed by atoms with Gasteiger partial charge in [0.25, 0.3) is 5.69 Å². The first-order valence-corrected chi connectivity index (χ1v) is 6.20. The number of anilines is 1. The molecule has 1 rings (SSSR count). The molecule has 1 aromatic carbocycles. The second-order valence-corrected chi connectivity index (χ2v) is 4.68. The zero-order chi connectivity index (χ0) is 14.4. The monoisotopic (exact) mass is 265 g/mol. The Morgan fingerprint density at radius 3 is 2.74 bits per heavy atom. The molecule has 0 aliphatic rings. The number of carbonyl (C=O) groups excluding carboxylic acids is 1. The molecule has 0 aliphatic carbocycles. The van der Waals surface area contributed by atoms with Gasteiger partial charge in [0, 0.05) is 29.8 Å². The van der Waals surface area contributed by atoms with E-state index in [1.54, 1.807) is 13.0 Å². The lowest BCUT2D eigenvalue weighted by molar-refractivity contribution is -0.385. The first-order chi connectivity index (χ1) is 8.90. The number of nitrogens with zero attached hydrogens (tertiary/aromatic N) is 1. The van der Waals surface area contributed by atoms with Gasteiger partial charge in [0.05, 0.1) is 4.92 Å². The molecule has 0 aliphatic heterocycles. The smallest absolute Gasteiger partial charge is 0.272 e. The Morgan fingerprint density at radius 2 is 2.21 bits per heavy atom. The van der Waals surface area contributed by atoms with Crippen LogP contribution in [0.3, 0.4) is 0 Å². The summed E-state index contributed by atoms with van der Waals surface area (Å²) >= 11 is 0. The molecule has 19 heavy (non-hydrogen) atoms. The highest BCUT2D eigenvalue weighted by atomic mass is 16.6. The van der Waals surface area contributed by atoms with Crippen LogP contribution in [-0.2, 0) is 4.79 Å². The first kappa shape index (κ1) is 15.1. The lowest BCUT2D eigenvalue weighted by Crippen LogP contribution is -2.16. The number of nitrogens with one attached hydrogen (secondary N) is 1. The highest BCUT2D eigenvalue weighted by molar-refractivity contribution is 5.90. The molecule has 1 amide bonds. The number of benzene rings is 1. The van der Waals surface area contributed by atoms with Crippen LogP contribution in [0.15, 0.2) is 18.2 Å². The maximum absolute atomic E-state index is 11.6. The van der Waals surface area contributed by atoms with Crippen LogP contribution in [0, 0.1) is 17.0 Å². The van der Waals surface area contributed by atoms with E-state index in [2.05, 4.69) is 5.32 Å². The largest absolute Gasteiger partial charge is 0.328 e. The first-order valence-electron chi connectivity index (χ1n) is 6.20. The van der Waals surface area contributed by atoms with Crippen molar-refractivity contribution >= 4 is 17.3 Å². The third-order valence-corrected chi connectivity index (χ3v) is 2.74. The van der Waals surface area contributed by atoms with Gasteiger partial charge >= 0.3 is 0 Å². The highest BCUT2D eigenvalue weighted by Gasteiger charge is 2.11. The van der Waals surface area contributed by atoms with Gasteiger partial charge in [-0.2, -0.15) is 0 Å². The summed E-state index contributed by atoms with van der Waals surface area (Å²) in [6, 6.07) is 4.62. The summed E-state index contributed by atoms with van der Waals surface area (Å²) in [4.78, 5) is 21.9. The Morgan fingerprint density at radius 1 is 1.53 bits per heavy atom. The van der Waals surface area contributed by atoms with Crippen LogP contribution in [0.25, 0.3) is 0 Å². The van der Waals surface area contributed by atoms with E-state index in [0.29, 0.717) is 17.7 Å². The molecule has 0 fully saturated rings. The topological polar surface area (TPSA) is 98.3 Å². The number of nitro groups is 1. The van der Waals surface area contributed by atoms with Gasteiger partial charge < -0.3 is 11.1 Å². The van der Waals surface area contributed by atoms with Crippen molar-refractivity contribution in [1.29, 1.82) is 0 Å². The molecule has 6 nitrogen and oxygen atoms in total. The Bertz CT molecular complexity index is 472. The van der Waals surface area contributed by atoms with Gasteiger partial charge in [0.15, 0.2) is 0 Å². The summed E-state index contributed by atoms with van der Waals surface area (Å²) in [5.74, 6) is -0.103. The molecule has 0 saturated carbocycles. The van der Waals surface area contributed by atoms with Crippen LogP contribution in [0.1, 0.15) is 31.7 Å². The number of nitro benzene ring substituents is 1. The van der Waals surface area contributed by atoms with Crippen molar-refractivity contribution in [3.8, 4) is 0 Å². The van der Waals surface area contributed by atoms with Gasteiger partial charge in [-0.15, -0.1) is 0 Å². The van der Waals surface area contributed by atoms with E-state index in [-0.39, 0.29) is 17.6 Å². The Balaban J connectivity index is 2.55. The minimum Gasteiger partial charge on any atom is -0.328 e. The number of aryl methyl sites for hydroxylation is 1. The Hall–Kier alpha value is -1.95. The number of carbonyl (C=O) groups is 1. The van der Waals surface area contributed by atoms with Crippen molar-refractivity contribution in [2.75, 3.05) is 5.32 Å². The SMILES string of the molecule is Cc1cc(NC(=O)CCCC(C)N)ccc1[N+](=O)[O-]. The van der Waals surface area contributed by atoms with E-state index < -0.39 is 4.92 Å². The lowest BCUT2D eigenvalue weighted by Gasteiger charge is -2.07. The standard InChI is InChI=1S/C13H19N3O3/c1-9-8-11(6-7-12(9)16(18)19)15-13(17)5-3-4-10(2)14/h6-8,10H,3-5,14H2,1-2H3,(H,15,17). The summed E-state index contributed by atoms with van der Waals surface area (Å²) in [5.41, 5.74) is 6.76. The fourth-order valence-electron chi connectivity index (χ4n) is 1.75. The fourth-order valence-corrected chi connectivity index (χ4v) is 1.75. The summed E-state index contributed by atoms with van der Waals surface area (Å²) in [5, 5.41) is 13.4.